The summed E-state index contributed by atoms with van der Waals surface area (Å²) in [7, 11) is -0.954. The highest BCUT2D eigenvalue weighted by molar-refractivity contribution is 7.87. The van der Waals surface area contributed by atoms with Crippen molar-refractivity contribution >= 4 is 16.2 Å². The van der Waals surface area contributed by atoms with E-state index in [1.807, 2.05) is 0 Å². The number of carbonyl (C=O) groups excluding carboxylic acids is 1. The summed E-state index contributed by atoms with van der Waals surface area (Å²) in [5.41, 5.74) is 0. The summed E-state index contributed by atoms with van der Waals surface area (Å²) in [6.07, 6.45) is 3.14. The first kappa shape index (κ1) is 17.4. The van der Waals surface area contributed by atoms with Crippen molar-refractivity contribution in [3.05, 3.63) is 0 Å². The van der Waals surface area contributed by atoms with Crippen molar-refractivity contribution in [2.45, 2.75) is 38.2 Å². The monoisotopic (exact) mass is 308 g/mol. The molecule has 8 heteroatoms. The Balaban J connectivity index is 2.41. The molecular formula is C12H24N2O5S. The molecule has 0 aliphatic heterocycles. The van der Waals surface area contributed by atoms with Crippen LogP contribution in [0.4, 0.5) is 0 Å². The van der Waals surface area contributed by atoms with Gasteiger partial charge in [0.15, 0.2) is 0 Å². The van der Waals surface area contributed by atoms with Gasteiger partial charge in [-0.1, -0.05) is 12.8 Å². The molecule has 0 radical (unpaired) electrons. The summed E-state index contributed by atoms with van der Waals surface area (Å²) >= 11 is 0. The second kappa shape index (κ2) is 7.92. The first-order valence-electron chi connectivity index (χ1n) is 6.82. The number of nitrogens with one attached hydrogen (secondary N) is 1. The van der Waals surface area contributed by atoms with Crippen molar-refractivity contribution in [2.24, 2.45) is 5.92 Å². The van der Waals surface area contributed by atoms with Crippen molar-refractivity contribution in [1.82, 2.24) is 9.03 Å². The second-order valence-electron chi connectivity index (χ2n) is 5.11. The highest BCUT2D eigenvalue weighted by Gasteiger charge is 2.26. The van der Waals surface area contributed by atoms with Gasteiger partial charge in [0.05, 0.1) is 19.6 Å². The van der Waals surface area contributed by atoms with Crippen LogP contribution in [0, 0.1) is 5.92 Å². The van der Waals surface area contributed by atoms with Gasteiger partial charge in [-0.15, -0.1) is 0 Å². The Bertz CT molecular complexity index is 412. The minimum absolute atomic E-state index is 0.0139. The predicted octanol–water partition coefficient (Wildman–Crippen LogP) is -0.133. The molecule has 0 saturated heterocycles. The maximum absolute atomic E-state index is 12.0. The Labute approximate surface area is 120 Å². The van der Waals surface area contributed by atoms with E-state index in [4.69, 9.17) is 0 Å². The SMILES string of the molecule is COC(=O)CCN(C)S(=O)(=O)NCC1CCCCC1O. The van der Waals surface area contributed by atoms with E-state index in [0.717, 1.165) is 30.0 Å². The smallest absolute Gasteiger partial charge is 0.306 e. The first-order valence-corrected chi connectivity index (χ1v) is 8.26. The molecule has 0 spiro atoms. The van der Waals surface area contributed by atoms with Gasteiger partial charge >= 0.3 is 5.97 Å². The molecule has 1 fully saturated rings. The van der Waals surface area contributed by atoms with E-state index in [-0.39, 0.29) is 25.4 Å². The quantitative estimate of drug-likeness (QED) is 0.639. The fraction of sp³-hybridized carbons (Fsp3) is 0.917. The third kappa shape index (κ3) is 5.35. The Hall–Kier alpha value is -0.700. The van der Waals surface area contributed by atoms with Gasteiger partial charge in [-0.2, -0.15) is 12.7 Å². The molecule has 118 valence electrons. The fourth-order valence-corrected chi connectivity index (χ4v) is 3.20. The molecule has 20 heavy (non-hydrogen) atoms. The highest BCUT2D eigenvalue weighted by atomic mass is 32.2. The summed E-state index contributed by atoms with van der Waals surface area (Å²) in [4.78, 5) is 11.0. The molecule has 0 amide bonds. The normalized spacial score (nSPS) is 23.8. The number of hydrogen-bond donors (Lipinski definition) is 2. The standard InChI is InChI=1S/C12H24N2O5S/c1-14(8-7-12(16)19-2)20(17,18)13-9-10-5-3-4-6-11(10)15/h10-11,13,15H,3-9H2,1-2H3. The minimum Gasteiger partial charge on any atom is -0.469 e. The van der Waals surface area contributed by atoms with E-state index >= 15 is 0 Å². The molecule has 7 nitrogen and oxygen atoms in total. The Morgan fingerprint density at radius 3 is 2.65 bits per heavy atom. The van der Waals surface area contributed by atoms with E-state index in [1.165, 1.54) is 14.2 Å². The Morgan fingerprint density at radius 2 is 2.05 bits per heavy atom. The number of nitrogens with zero attached hydrogens (tertiary/aromatic N) is 1. The number of hydrogen-bond acceptors (Lipinski definition) is 5. The summed E-state index contributed by atoms with van der Waals surface area (Å²) in [6.45, 7) is 0.293. The molecule has 0 aromatic carbocycles. The van der Waals surface area contributed by atoms with Crippen LogP contribution in [-0.2, 0) is 19.7 Å². The lowest BCUT2D eigenvalue weighted by Crippen LogP contribution is -2.43. The van der Waals surface area contributed by atoms with Crippen LogP contribution in [0.25, 0.3) is 0 Å². The summed E-state index contributed by atoms with van der Waals surface area (Å²) in [5, 5.41) is 9.80. The molecule has 2 atom stereocenters. The fourth-order valence-electron chi connectivity index (χ4n) is 2.22. The number of rotatable bonds is 7. The van der Waals surface area contributed by atoms with Gasteiger partial charge in [0.2, 0.25) is 0 Å². The number of carbonyl (C=O) groups is 1. The average molecular weight is 308 g/mol. The van der Waals surface area contributed by atoms with Gasteiger partial charge in [0.25, 0.3) is 10.2 Å². The van der Waals surface area contributed by atoms with E-state index in [9.17, 15) is 18.3 Å². The Morgan fingerprint density at radius 1 is 1.40 bits per heavy atom. The molecule has 0 aromatic rings. The lowest BCUT2D eigenvalue weighted by Gasteiger charge is -2.28. The van der Waals surface area contributed by atoms with Gasteiger partial charge in [0, 0.05) is 20.1 Å². The molecule has 1 saturated carbocycles. The van der Waals surface area contributed by atoms with Crippen molar-refractivity contribution < 1.29 is 23.1 Å². The first-order chi connectivity index (χ1) is 9.36. The second-order valence-corrected chi connectivity index (χ2v) is 6.98. The van der Waals surface area contributed by atoms with Gasteiger partial charge in [0.1, 0.15) is 0 Å². The zero-order valence-corrected chi connectivity index (χ0v) is 12.9. The van der Waals surface area contributed by atoms with Crippen molar-refractivity contribution in [2.75, 3.05) is 27.2 Å². The maximum atomic E-state index is 12.0. The lowest BCUT2D eigenvalue weighted by molar-refractivity contribution is -0.140. The lowest BCUT2D eigenvalue weighted by atomic mass is 9.87. The van der Waals surface area contributed by atoms with Crippen molar-refractivity contribution in [3.63, 3.8) is 0 Å². The summed E-state index contributed by atoms with van der Waals surface area (Å²) in [5.74, 6) is -0.484. The number of ether oxygens (including phenoxy) is 1. The van der Waals surface area contributed by atoms with Crippen LogP contribution in [0.2, 0.25) is 0 Å². The maximum Gasteiger partial charge on any atom is 0.306 e. The molecule has 2 N–H and O–H groups in total. The van der Waals surface area contributed by atoms with Crippen LogP contribution >= 0.6 is 0 Å². The van der Waals surface area contributed by atoms with E-state index < -0.39 is 22.3 Å². The number of methoxy groups -OCH3 is 1. The van der Waals surface area contributed by atoms with Crippen LogP contribution in [0.15, 0.2) is 0 Å². The van der Waals surface area contributed by atoms with Gasteiger partial charge in [-0.3, -0.25) is 4.79 Å². The highest BCUT2D eigenvalue weighted by Crippen LogP contribution is 2.23. The van der Waals surface area contributed by atoms with Crippen LogP contribution in [0.1, 0.15) is 32.1 Å². The topological polar surface area (TPSA) is 95.9 Å². The number of esters is 1. The van der Waals surface area contributed by atoms with E-state index in [0.29, 0.717) is 0 Å². The number of aliphatic hydroxyl groups is 1. The van der Waals surface area contributed by atoms with E-state index in [1.54, 1.807) is 0 Å². The van der Waals surface area contributed by atoms with Crippen LogP contribution < -0.4 is 4.72 Å². The third-order valence-corrected chi connectivity index (χ3v) is 5.20. The molecule has 1 rings (SSSR count). The van der Waals surface area contributed by atoms with Crippen LogP contribution in [0.3, 0.4) is 0 Å². The predicted molar refractivity (Wildman–Crippen MR) is 74.2 cm³/mol. The third-order valence-electron chi connectivity index (χ3n) is 3.67. The average Bonchev–Trinajstić information content (AvgIpc) is 2.43. The molecule has 0 bridgehead atoms. The van der Waals surface area contributed by atoms with Crippen LogP contribution in [0.5, 0.6) is 0 Å². The van der Waals surface area contributed by atoms with Gasteiger partial charge in [-0.25, -0.2) is 4.72 Å². The Kier molecular flexibility index (Phi) is 6.87. The van der Waals surface area contributed by atoms with Gasteiger partial charge in [-0.05, 0) is 18.8 Å². The van der Waals surface area contributed by atoms with Crippen molar-refractivity contribution in [1.29, 1.82) is 0 Å². The largest absolute Gasteiger partial charge is 0.469 e. The zero-order valence-electron chi connectivity index (χ0n) is 12.0. The molecular weight excluding hydrogens is 284 g/mol. The molecule has 1 aliphatic rings. The zero-order chi connectivity index (χ0) is 15.2. The van der Waals surface area contributed by atoms with Crippen molar-refractivity contribution in [3.8, 4) is 0 Å². The number of aliphatic hydroxyl groups excluding tert-OH is 1. The molecule has 0 aromatic heterocycles. The van der Waals surface area contributed by atoms with Gasteiger partial charge < -0.3 is 9.84 Å². The van der Waals surface area contributed by atoms with Crippen LogP contribution in [-0.4, -0.2) is 57.1 Å². The van der Waals surface area contributed by atoms with E-state index in [2.05, 4.69) is 9.46 Å². The summed E-state index contributed by atoms with van der Waals surface area (Å²) < 4.78 is 32.0. The molecule has 0 heterocycles. The molecule has 1 aliphatic carbocycles. The molecule has 2 unspecified atom stereocenters. The summed E-state index contributed by atoms with van der Waals surface area (Å²) in [6, 6.07) is 0. The minimum atomic E-state index is -3.62.